The van der Waals surface area contributed by atoms with Crippen molar-refractivity contribution in [2.24, 2.45) is 0 Å². The van der Waals surface area contributed by atoms with Crippen LogP contribution >= 0.6 is 7.82 Å². The van der Waals surface area contributed by atoms with Gasteiger partial charge in [-0.05, 0) is 77.0 Å². The lowest BCUT2D eigenvalue weighted by molar-refractivity contribution is -0.870. The Bertz CT molecular complexity index is 1160. The summed E-state index contributed by atoms with van der Waals surface area (Å²) < 4.78 is 34.8. The Hall–Kier alpha value is -1.54. The van der Waals surface area contributed by atoms with E-state index in [0.29, 0.717) is 24.1 Å². The number of ether oxygens (including phenoxy) is 2. The van der Waals surface area contributed by atoms with Gasteiger partial charge < -0.3 is 27.9 Å². The van der Waals surface area contributed by atoms with Gasteiger partial charge in [0.05, 0.1) is 34.4 Å². The van der Waals surface area contributed by atoms with Gasteiger partial charge >= 0.3 is 5.97 Å². The maximum absolute atomic E-state index is 12.8. The van der Waals surface area contributed by atoms with Gasteiger partial charge in [0.1, 0.15) is 19.3 Å². The Balaban J connectivity index is 4.12. The van der Waals surface area contributed by atoms with Crippen molar-refractivity contribution in [3.05, 3.63) is 48.6 Å². The van der Waals surface area contributed by atoms with Gasteiger partial charge in [0, 0.05) is 13.0 Å². The van der Waals surface area contributed by atoms with Gasteiger partial charge in [-0.3, -0.25) is 9.36 Å². The van der Waals surface area contributed by atoms with Crippen LogP contribution in [0.15, 0.2) is 48.6 Å². The average molecular weight is 922 g/mol. The van der Waals surface area contributed by atoms with Crippen molar-refractivity contribution in [2.75, 3.05) is 54.1 Å². The number of likely N-dealkylation sites (N-methyl/N-ethyl adjacent to an activating group) is 1. The quantitative estimate of drug-likeness (QED) is 0.0197. The molecule has 0 heterocycles. The third-order valence-electron chi connectivity index (χ3n) is 11.6. The molecule has 9 heteroatoms. The summed E-state index contributed by atoms with van der Waals surface area (Å²) >= 11 is 0. The number of rotatable bonds is 50. The van der Waals surface area contributed by atoms with Crippen molar-refractivity contribution in [1.29, 1.82) is 0 Å². The van der Waals surface area contributed by atoms with Crippen LogP contribution in [0.5, 0.6) is 0 Å². The van der Waals surface area contributed by atoms with Crippen molar-refractivity contribution in [2.45, 2.75) is 245 Å². The van der Waals surface area contributed by atoms with Crippen LogP contribution in [0.25, 0.3) is 0 Å². The van der Waals surface area contributed by atoms with E-state index in [1.807, 2.05) is 21.1 Å². The molecule has 0 rings (SSSR count). The lowest BCUT2D eigenvalue weighted by Crippen LogP contribution is -2.37. The molecule has 0 bridgehead atoms. The van der Waals surface area contributed by atoms with E-state index in [2.05, 4.69) is 62.5 Å². The Morgan fingerprint density at radius 2 is 0.859 bits per heavy atom. The van der Waals surface area contributed by atoms with Crippen molar-refractivity contribution < 1.29 is 37.3 Å². The van der Waals surface area contributed by atoms with Crippen LogP contribution in [0.4, 0.5) is 0 Å². The van der Waals surface area contributed by atoms with Crippen LogP contribution < -0.4 is 4.89 Å². The zero-order valence-corrected chi connectivity index (χ0v) is 43.6. The molecule has 0 aliphatic rings. The first-order valence-corrected chi connectivity index (χ1v) is 28.3. The number of allylic oxidation sites excluding steroid dienone is 8. The molecule has 0 amide bonds. The zero-order valence-electron chi connectivity index (χ0n) is 42.7. The molecule has 2 unspecified atom stereocenters. The summed E-state index contributed by atoms with van der Waals surface area (Å²) in [4.78, 5) is 25.2. The lowest BCUT2D eigenvalue weighted by atomic mass is 10.0. The predicted octanol–water partition coefficient (Wildman–Crippen LogP) is 16.0. The monoisotopic (exact) mass is 922 g/mol. The number of hydrogen-bond acceptors (Lipinski definition) is 7. The number of carbonyl (C=O) groups excluding carboxylic acids is 1. The lowest BCUT2D eigenvalue weighted by Gasteiger charge is -2.28. The number of unbranched alkanes of at least 4 members (excludes halogenated alkanes) is 28. The fourth-order valence-electron chi connectivity index (χ4n) is 7.43. The molecule has 0 saturated heterocycles. The second kappa shape index (κ2) is 47.9. The van der Waals surface area contributed by atoms with Crippen LogP contribution in [-0.2, 0) is 27.9 Å². The number of phosphoric acid groups is 1. The van der Waals surface area contributed by atoms with E-state index in [4.69, 9.17) is 18.5 Å². The van der Waals surface area contributed by atoms with Crippen molar-refractivity contribution in [3.63, 3.8) is 0 Å². The largest absolute Gasteiger partial charge is 0.756 e. The van der Waals surface area contributed by atoms with E-state index in [9.17, 15) is 14.3 Å². The third-order valence-corrected chi connectivity index (χ3v) is 12.6. The van der Waals surface area contributed by atoms with E-state index < -0.39 is 13.9 Å². The molecular weight excluding hydrogens is 818 g/mol. The molecule has 0 aliphatic heterocycles. The highest BCUT2D eigenvalue weighted by Crippen LogP contribution is 2.38. The predicted molar refractivity (Wildman–Crippen MR) is 273 cm³/mol. The van der Waals surface area contributed by atoms with Gasteiger partial charge in [0.2, 0.25) is 0 Å². The Labute approximate surface area is 397 Å². The van der Waals surface area contributed by atoms with E-state index in [1.54, 1.807) is 0 Å². The molecule has 0 N–H and O–H groups in total. The third kappa shape index (κ3) is 51.4. The second-order valence-electron chi connectivity index (χ2n) is 19.2. The number of quaternary nitrogens is 1. The normalized spacial score (nSPS) is 13.9. The topological polar surface area (TPSA) is 94.1 Å². The number of nitrogens with zero attached hydrogens (tertiary/aromatic N) is 1. The summed E-state index contributed by atoms with van der Waals surface area (Å²) in [5, 5.41) is 0. The zero-order chi connectivity index (χ0) is 46.9. The van der Waals surface area contributed by atoms with Crippen LogP contribution in [0, 0.1) is 0 Å². The molecule has 0 aromatic heterocycles. The number of esters is 1. The molecule has 0 saturated carbocycles. The summed E-state index contributed by atoms with van der Waals surface area (Å²) in [6.45, 7) is 5.40. The standard InChI is InChI=1S/C55H104NO7P/c1-6-8-10-12-14-16-18-20-22-24-26-27-28-29-30-32-34-36-38-40-42-44-46-48-55(57)63-54(53-62-64(58,59)61-51-49-56(3,4)5)52-60-50-47-45-43-41-39-37-35-33-31-25-23-21-19-17-15-13-11-9-7-2/h17-20,23-26,54H,6-16,21-22,27-53H2,1-5H3/b19-17-,20-18-,25-23-,26-24-. The van der Waals surface area contributed by atoms with Gasteiger partial charge in [-0.2, -0.15) is 0 Å². The van der Waals surface area contributed by atoms with Crippen LogP contribution in [0.1, 0.15) is 239 Å². The highest BCUT2D eigenvalue weighted by Gasteiger charge is 2.20. The minimum Gasteiger partial charge on any atom is -0.756 e. The summed E-state index contributed by atoms with van der Waals surface area (Å²) in [5.41, 5.74) is 0. The second-order valence-corrected chi connectivity index (χ2v) is 20.6. The highest BCUT2D eigenvalue weighted by atomic mass is 31.2. The van der Waals surface area contributed by atoms with Crippen LogP contribution in [-0.4, -0.2) is 70.7 Å². The minimum atomic E-state index is -4.53. The highest BCUT2D eigenvalue weighted by molar-refractivity contribution is 7.45. The van der Waals surface area contributed by atoms with Crippen molar-refractivity contribution in [1.82, 2.24) is 0 Å². The Morgan fingerprint density at radius 3 is 1.28 bits per heavy atom. The SMILES string of the molecule is CCCCCC/C=C\C/C=C\CCCCCCCCCCOCC(COP(=O)([O-])OCC[N+](C)(C)C)OC(=O)CCCCCCCCCCCCC/C=C\C/C=C\CCCCCCC. The van der Waals surface area contributed by atoms with Crippen molar-refractivity contribution >= 4 is 13.8 Å². The molecule has 0 aliphatic carbocycles. The molecule has 64 heavy (non-hydrogen) atoms. The Kier molecular flexibility index (Phi) is 46.8. The van der Waals surface area contributed by atoms with Crippen LogP contribution in [0.3, 0.4) is 0 Å². The summed E-state index contributed by atoms with van der Waals surface area (Å²) in [7, 11) is 1.35. The molecular formula is C55H104NO7P. The smallest absolute Gasteiger partial charge is 0.306 e. The van der Waals surface area contributed by atoms with E-state index in [-0.39, 0.29) is 25.8 Å². The van der Waals surface area contributed by atoms with Crippen molar-refractivity contribution in [3.8, 4) is 0 Å². The summed E-state index contributed by atoms with van der Waals surface area (Å²) in [6, 6.07) is 0. The van der Waals surface area contributed by atoms with E-state index in [0.717, 1.165) is 44.9 Å². The number of phosphoric ester groups is 1. The van der Waals surface area contributed by atoms with E-state index in [1.165, 1.54) is 173 Å². The van der Waals surface area contributed by atoms with E-state index >= 15 is 0 Å². The number of carbonyl (C=O) groups is 1. The van der Waals surface area contributed by atoms with Crippen LogP contribution in [0.2, 0.25) is 0 Å². The molecule has 8 nitrogen and oxygen atoms in total. The maximum Gasteiger partial charge on any atom is 0.306 e. The molecule has 0 fully saturated rings. The maximum atomic E-state index is 12.8. The first-order chi connectivity index (χ1) is 31.1. The molecule has 0 radical (unpaired) electrons. The summed E-state index contributed by atoms with van der Waals surface area (Å²) in [6.07, 6.45) is 59.9. The molecule has 0 spiro atoms. The Morgan fingerprint density at radius 1 is 0.484 bits per heavy atom. The van der Waals surface area contributed by atoms with Gasteiger partial charge in [0.25, 0.3) is 7.82 Å². The fourth-order valence-corrected chi connectivity index (χ4v) is 8.16. The van der Waals surface area contributed by atoms with Gasteiger partial charge in [0.15, 0.2) is 0 Å². The fraction of sp³-hybridized carbons (Fsp3) is 0.836. The first kappa shape index (κ1) is 62.5. The first-order valence-electron chi connectivity index (χ1n) is 26.9. The number of hydrogen-bond donors (Lipinski definition) is 0. The summed E-state index contributed by atoms with van der Waals surface area (Å²) in [5.74, 6) is -0.337. The average Bonchev–Trinajstić information content (AvgIpc) is 3.25. The molecule has 376 valence electrons. The molecule has 0 aromatic rings. The molecule has 2 atom stereocenters. The van der Waals surface area contributed by atoms with Gasteiger partial charge in [-0.15, -0.1) is 0 Å². The van der Waals surface area contributed by atoms with Gasteiger partial charge in [-0.1, -0.05) is 204 Å². The molecule has 0 aromatic carbocycles. The van der Waals surface area contributed by atoms with Gasteiger partial charge in [-0.25, -0.2) is 0 Å². The minimum absolute atomic E-state index is 0.0238.